The number of fused-ring (bicyclic) bond motifs is 9. The molecule has 0 amide bonds. The first-order valence-corrected chi connectivity index (χ1v) is 32.0. The number of aromatic nitrogens is 17. The lowest BCUT2D eigenvalue weighted by Gasteiger charge is -2.13. The summed E-state index contributed by atoms with van der Waals surface area (Å²) < 4.78 is 11.6. The fraction of sp³-hybridized carbons (Fsp3) is 0.227. The molecule has 1 N–H and O–H groups in total. The van der Waals surface area contributed by atoms with Gasteiger partial charge in [0.1, 0.15) is 0 Å². The van der Waals surface area contributed by atoms with E-state index >= 15 is 0 Å². The summed E-state index contributed by atoms with van der Waals surface area (Å²) in [6, 6.07) is 31.6. The van der Waals surface area contributed by atoms with E-state index in [1.54, 1.807) is 73.1 Å². The predicted molar refractivity (Wildman–Crippen MR) is 371 cm³/mol. The second-order valence-electron chi connectivity index (χ2n) is 22.5. The summed E-state index contributed by atoms with van der Waals surface area (Å²) in [5.41, 5.74) is 12.9. The van der Waals surface area contributed by atoms with Crippen LogP contribution in [0.3, 0.4) is 0 Å². The summed E-state index contributed by atoms with van der Waals surface area (Å²) in [4.78, 5) is 48.2. The van der Waals surface area contributed by atoms with Crippen molar-refractivity contribution in [3.8, 4) is 0 Å². The standard InChI is InChI=1S/C9H12.4C8H6N2.C7H6N2.2C7H10N2.C7H6N2.C6H8N2O/c1-2-5-9-7-3-6-8(9)4-1;1-3-9-6-8-2-4-10-5-7(1)8;1-3-9-5-8-6-10-4-2-7(1)8;1-2-7-6-9-5-3-8(7)10-4-1;1-2-7-3-5-9-6-8(7)10-4-1;1-2-8-4-7-5-9-3-6(1)7;1-2-6-9-7(3-1)4-5-8-9;1-2-4-9-6-8-5-7(9)3-1;1-2-4-7-6(3-1)5-8-9-7;1-2-9-4-6-3-7-5-8(1)6/h3,6H,1-2,4-5,7H2;4*1-6H;1-4H,5H2;4-5H,1-3,6H2;5-6H,1-4H2;1-5H,(H,8,9);3,5H,1-2,4H2. The Hall–Kier alpha value is -11.2. The Morgan fingerprint density at radius 1 is 0.415 bits per heavy atom. The van der Waals surface area contributed by atoms with Crippen molar-refractivity contribution < 1.29 is 4.74 Å². The molecule has 0 unspecified atom stereocenters. The van der Waals surface area contributed by atoms with Crippen LogP contribution >= 0.6 is 0 Å². The minimum Gasteiger partial charge on any atom is -0.373 e. The fourth-order valence-corrected chi connectivity index (χ4v) is 11.0. The molecule has 2 aliphatic carbocycles. The number of allylic oxidation sites excluding steroid dienone is 4. The average molecular weight is 1250 g/mol. The van der Waals surface area contributed by atoms with Gasteiger partial charge in [0, 0.05) is 186 Å². The molecule has 0 bridgehead atoms. The van der Waals surface area contributed by atoms with Crippen LogP contribution in [0.1, 0.15) is 86.0 Å². The van der Waals surface area contributed by atoms with Crippen molar-refractivity contribution in [3.05, 3.63) is 285 Å². The van der Waals surface area contributed by atoms with E-state index in [9.17, 15) is 0 Å². The zero-order valence-electron chi connectivity index (χ0n) is 52.7. The van der Waals surface area contributed by atoms with Gasteiger partial charge in [0.2, 0.25) is 0 Å². The van der Waals surface area contributed by atoms with E-state index in [4.69, 9.17) is 4.74 Å². The fourth-order valence-electron chi connectivity index (χ4n) is 11.0. The first-order valence-electron chi connectivity index (χ1n) is 32.0. The lowest BCUT2D eigenvalue weighted by Crippen LogP contribution is -2.14. The Bertz CT molecular complexity index is 3910. The lowest BCUT2D eigenvalue weighted by molar-refractivity contribution is 0.0850. The van der Waals surface area contributed by atoms with Crippen molar-refractivity contribution in [3.63, 3.8) is 0 Å². The number of rotatable bonds is 0. The van der Waals surface area contributed by atoms with Gasteiger partial charge in [0.05, 0.1) is 73.2 Å². The molecule has 0 saturated carbocycles. The van der Waals surface area contributed by atoms with Gasteiger partial charge in [-0.2, -0.15) is 10.2 Å². The molecule has 4 aliphatic heterocycles. The largest absolute Gasteiger partial charge is 0.373 e. The highest BCUT2D eigenvalue weighted by Crippen LogP contribution is 2.32. The molecule has 13 aromatic heterocycles. The Kier molecular flexibility index (Phi) is 24.3. The maximum Gasteiger partial charge on any atom is 0.0949 e. The van der Waals surface area contributed by atoms with Crippen LogP contribution < -0.4 is 0 Å². The third kappa shape index (κ3) is 19.4. The maximum atomic E-state index is 5.19. The molecule has 0 fully saturated rings. The molecule has 19 nitrogen and oxygen atoms in total. The molecule has 20 rings (SSSR count). The van der Waals surface area contributed by atoms with E-state index in [1.165, 1.54) is 111 Å². The van der Waals surface area contributed by atoms with E-state index in [2.05, 4.69) is 107 Å². The molecule has 0 atom stereocenters. The van der Waals surface area contributed by atoms with Crippen LogP contribution in [0.15, 0.2) is 262 Å². The van der Waals surface area contributed by atoms with Crippen molar-refractivity contribution in [2.75, 3.05) is 6.61 Å². The maximum absolute atomic E-state index is 5.19. The molecule has 14 aromatic rings. The summed E-state index contributed by atoms with van der Waals surface area (Å²) in [5.74, 6) is 0. The van der Waals surface area contributed by atoms with Crippen molar-refractivity contribution in [1.29, 1.82) is 0 Å². The average Bonchev–Trinajstić information content (AvgIpc) is 3.32. The highest BCUT2D eigenvalue weighted by atomic mass is 16.5. The number of aliphatic imine (C=N–C) groups is 1. The Morgan fingerprint density at radius 3 is 1.74 bits per heavy atom. The molecule has 19 heteroatoms. The topological polar surface area (TPSA) is 220 Å². The minimum atomic E-state index is 0.722. The molecule has 0 spiro atoms. The van der Waals surface area contributed by atoms with Gasteiger partial charge in [-0.15, -0.1) is 0 Å². The second kappa shape index (κ2) is 35.4. The number of aromatic amines is 1. The van der Waals surface area contributed by atoms with Gasteiger partial charge < -0.3 is 13.9 Å². The van der Waals surface area contributed by atoms with Crippen LogP contribution in [0.2, 0.25) is 0 Å². The number of nitrogens with one attached hydrogen (secondary N) is 1. The van der Waals surface area contributed by atoms with Crippen molar-refractivity contribution >= 4 is 60.5 Å². The number of hydrogen-bond acceptors (Lipinski definition) is 15. The molecular weight excluding hydrogens is 1170 g/mol. The van der Waals surface area contributed by atoms with Gasteiger partial charge in [0.25, 0.3) is 0 Å². The lowest BCUT2D eigenvalue weighted by atomic mass is 9.94. The Balaban J connectivity index is 0.000000107. The van der Waals surface area contributed by atoms with Crippen LogP contribution in [-0.4, -0.2) is 96.8 Å². The highest BCUT2D eigenvalue weighted by molar-refractivity contribution is 5.84. The third-order valence-electron chi connectivity index (χ3n) is 16.1. The number of hydrogen-bond donors (Lipinski definition) is 1. The van der Waals surface area contributed by atoms with E-state index in [-0.39, 0.29) is 0 Å². The number of benzene rings is 1. The van der Waals surface area contributed by atoms with Crippen LogP contribution in [0.4, 0.5) is 0 Å². The van der Waals surface area contributed by atoms with Crippen molar-refractivity contribution in [2.45, 2.75) is 103 Å². The summed E-state index contributed by atoms with van der Waals surface area (Å²) in [6.07, 6.45) is 61.0. The second-order valence-corrected chi connectivity index (χ2v) is 22.5. The number of nitrogens with zero attached hydrogens (tertiary/aromatic N) is 17. The van der Waals surface area contributed by atoms with E-state index in [1.807, 2.05) is 172 Å². The van der Waals surface area contributed by atoms with Crippen LogP contribution in [0, 0.1) is 0 Å². The van der Waals surface area contributed by atoms with Crippen molar-refractivity contribution in [1.82, 2.24) is 83.9 Å². The summed E-state index contributed by atoms with van der Waals surface area (Å²) >= 11 is 0. The highest BCUT2D eigenvalue weighted by Gasteiger charge is 2.13. The monoisotopic (exact) mass is 1240 g/mol. The number of para-hydroxylation sites is 1. The first kappa shape index (κ1) is 64.4. The number of aryl methyl sites for hydroxylation is 4. The minimum absolute atomic E-state index is 0.722. The predicted octanol–water partition coefficient (Wildman–Crippen LogP) is 14.8. The summed E-state index contributed by atoms with van der Waals surface area (Å²) in [5, 5.41) is 18.9. The van der Waals surface area contributed by atoms with Crippen LogP contribution in [-0.2, 0) is 50.4 Å². The van der Waals surface area contributed by atoms with Gasteiger partial charge in [-0.1, -0.05) is 42.0 Å². The smallest absolute Gasteiger partial charge is 0.0949 e. The Labute approximate surface area is 546 Å². The van der Waals surface area contributed by atoms with E-state index in [0.29, 0.717) is 0 Å². The van der Waals surface area contributed by atoms with Gasteiger partial charge in [0.15, 0.2) is 0 Å². The van der Waals surface area contributed by atoms with Crippen molar-refractivity contribution in [2.24, 2.45) is 4.99 Å². The summed E-state index contributed by atoms with van der Waals surface area (Å²) in [7, 11) is 0. The van der Waals surface area contributed by atoms with E-state index < -0.39 is 0 Å². The molecular formula is C75H76N18O. The van der Waals surface area contributed by atoms with E-state index in [0.717, 1.165) is 81.7 Å². The summed E-state index contributed by atoms with van der Waals surface area (Å²) in [6.45, 7) is 5.61. The number of H-pyrrole nitrogens is 1. The number of ether oxygens (including phenoxy) is 1. The molecule has 1 aromatic carbocycles. The molecule has 472 valence electrons. The molecule has 0 radical (unpaired) electrons. The SMILES string of the molecule is C1=CC2=C(C1)CCCC2.C1=NCc2cnccc21.c1cc2ccncc2cn1.c1cc2cnccc2cn1.c1cc2n(n1)CCCC2.c1ccc2[nH]ncc2c1.c1cnc2ccncc2c1.c1cnc2cnccc2c1.c1ncn2c1CCCC2.c1ncn2c1COCC2. The zero-order chi connectivity index (χ0) is 63.9. The number of imidazole rings is 2. The van der Waals surface area contributed by atoms with Crippen LogP contribution in [0.5, 0.6) is 0 Å². The molecule has 0 saturated heterocycles. The zero-order valence-corrected chi connectivity index (χ0v) is 52.7. The number of pyridine rings is 9. The Morgan fingerprint density at radius 2 is 1.03 bits per heavy atom. The molecule has 6 aliphatic rings. The van der Waals surface area contributed by atoms with Gasteiger partial charge in [-0.25, -0.2) is 9.97 Å². The third-order valence-corrected chi connectivity index (χ3v) is 16.1. The quantitative estimate of drug-likeness (QED) is 0.149. The van der Waals surface area contributed by atoms with Crippen LogP contribution in [0.25, 0.3) is 54.3 Å². The normalized spacial score (nSPS) is 13.9. The molecule has 94 heavy (non-hydrogen) atoms. The molecule has 17 heterocycles. The van der Waals surface area contributed by atoms with Gasteiger partial charge >= 0.3 is 0 Å². The van der Waals surface area contributed by atoms with Gasteiger partial charge in [-0.3, -0.25) is 59.6 Å². The van der Waals surface area contributed by atoms with Gasteiger partial charge in [-0.05, 0) is 154 Å². The first-order chi connectivity index (χ1) is 46.7.